The minimum atomic E-state index is -0.512. The van der Waals surface area contributed by atoms with E-state index < -0.39 is 11.7 Å². The fourth-order valence-corrected chi connectivity index (χ4v) is 5.51. The zero-order valence-electron chi connectivity index (χ0n) is 17.8. The van der Waals surface area contributed by atoms with Crippen molar-refractivity contribution in [3.8, 4) is 0 Å². The van der Waals surface area contributed by atoms with E-state index in [1.165, 1.54) is 40.2 Å². The van der Waals surface area contributed by atoms with Crippen molar-refractivity contribution in [1.29, 1.82) is 0 Å². The van der Waals surface area contributed by atoms with Crippen LogP contribution in [0.3, 0.4) is 0 Å². The Hall–Kier alpha value is -3.34. The number of hydrogen-bond donors (Lipinski definition) is 1. The molecule has 35 heavy (non-hydrogen) atoms. The van der Waals surface area contributed by atoms with Gasteiger partial charge in [0.1, 0.15) is 21.2 Å². The van der Waals surface area contributed by atoms with Crippen LogP contribution in [0.25, 0.3) is 20.4 Å². The second-order valence-electron chi connectivity index (χ2n) is 7.51. The Labute approximate surface area is 210 Å². The molecule has 3 heterocycles. The Morgan fingerprint density at radius 1 is 1.11 bits per heavy atom. The van der Waals surface area contributed by atoms with E-state index >= 15 is 0 Å². The number of rotatable bonds is 6. The maximum atomic E-state index is 13.5. The maximum Gasteiger partial charge on any atom is 0.272 e. The lowest BCUT2D eigenvalue weighted by atomic mass is 10.2. The molecule has 0 unspecified atom stereocenters. The summed E-state index contributed by atoms with van der Waals surface area (Å²) in [5.74, 6) is -1.36. The molecule has 0 spiro atoms. The van der Waals surface area contributed by atoms with E-state index in [1.54, 1.807) is 24.4 Å². The number of carbonyl (C=O) groups excluding carboxylic acids is 1. The van der Waals surface area contributed by atoms with E-state index in [9.17, 15) is 18.4 Å². The van der Waals surface area contributed by atoms with Gasteiger partial charge in [-0.3, -0.25) is 14.2 Å². The third-order valence-electron chi connectivity index (χ3n) is 5.11. The van der Waals surface area contributed by atoms with E-state index in [1.807, 2.05) is 6.07 Å². The third-order valence-corrected chi connectivity index (χ3v) is 7.49. The van der Waals surface area contributed by atoms with Gasteiger partial charge >= 0.3 is 0 Å². The zero-order valence-corrected chi connectivity index (χ0v) is 20.2. The molecule has 0 radical (unpaired) electrons. The van der Waals surface area contributed by atoms with Crippen molar-refractivity contribution in [2.24, 2.45) is 0 Å². The molecule has 2 aromatic carbocycles. The fraction of sp³-hybridized carbons (Fsp3) is 0.0833. The van der Waals surface area contributed by atoms with Gasteiger partial charge in [0.05, 0.1) is 28.5 Å². The van der Waals surface area contributed by atoms with Crippen molar-refractivity contribution in [2.75, 3.05) is 11.1 Å². The van der Waals surface area contributed by atoms with Gasteiger partial charge in [0.15, 0.2) is 5.16 Å². The molecule has 5 aromatic rings. The Morgan fingerprint density at radius 3 is 2.66 bits per heavy atom. The van der Waals surface area contributed by atoms with Gasteiger partial charge in [-0.25, -0.2) is 18.7 Å². The predicted octanol–water partition coefficient (Wildman–Crippen LogP) is 5.72. The monoisotopic (exact) mass is 528 g/mol. The van der Waals surface area contributed by atoms with Gasteiger partial charge in [-0.15, -0.1) is 11.3 Å². The van der Waals surface area contributed by atoms with Crippen LogP contribution in [0.4, 0.5) is 14.5 Å². The fourth-order valence-electron chi connectivity index (χ4n) is 3.47. The predicted molar refractivity (Wildman–Crippen MR) is 135 cm³/mol. The molecule has 5 rings (SSSR count). The summed E-state index contributed by atoms with van der Waals surface area (Å²) in [7, 11) is 0. The van der Waals surface area contributed by atoms with Crippen LogP contribution in [-0.4, -0.2) is 26.2 Å². The largest absolute Gasteiger partial charge is 0.324 e. The molecular formula is C24H15ClF2N4O2S2. The number of benzene rings is 2. The number of thiophene rings is 1. The van der Waals surface area contributed by atoms with Gasteiger partial charge in [-0.2, -0.15) is 0 Å². The number of amides is 1. The number of nitrogens with zero attached hydrogens (tertiary/aromatic N) is 3. The van der Waals surface area contributed by atoms with E-state index in [2.05, 4.69) is 10.3 Å². The van der Waals surface area contributed by atoms with Crippen LogP contribution in [0.2, 0.25) is 5.02 Å². The highest BCUT2D eigenvalue weighted by Gasteiger charge is 2.18. The van der Waals surface area contributed by atoms with E-state index in [4.69, 9.17) is 16.6 Å². The molecular weight excluding hydrogens is 514 g/mol. The smallest absolute Gasteiger partial charge is 0.272 e. The van der Waals surface area contributed by atoms with Crippen molar-refractivity contribution in [1.82, 2.24) is 14.5 Å². The summed E-state index contributed by atoms with van der Waals surface area (Å²) in [6.45, 7) is 0.150. The number of fused-ring (bicyclic) bond motifs is 3. The Kier molecular flexibility index (Phi) is 6.50. The van der Waals surface area contributed by atoms with Crippen molar-refractivity contribution in [3.05, 3.63) is 93.4 Å². The van der Waals surface area contributed by atoms with Crippen LogP contribution < -0.4 is 10.9 Å². The summed E-state index contributed by atoms with van der Waals surface area (Å²) in [4.78, 5) is 35.8. The standard InChI is InChI=1S/C24H15ClF2N4O2S2/c25-17-10-15(27)7-8-18(17)29-19(32)12-34-24-30-20-16-2-1-9-28-22(16)35-21(20)23(33)31(24)11-13-3-5-14(26)6-4-13/h1-10H,11-12H2,(H,29,32). The average Bonchev–Trinajstić information content (AvgIpc) is 3.22. The van der Waals surface area contributed by atoms with Crippen LogP contribution in [0.1, 0.15) is 5.56 Å². The number of thioether (sulfide) groups is 1. The maximum absolute atomic E-state index is 13.5. The first-order valence-electron chi connectivity index (χ1n) is 10.3. The number of pyridine rings is 1. The molecule has 6 nitrogen and oxygen atoms in total. The molecule has 0 aliphatic rings. The summed E-state index contributed by atoms with van der Waals surface area (Å²) in [5, 5.41) is 3.80. The topological polar surface area (TPSA) is 76.9 Å². The number of aromatic nitrogens is 3. The second-order valence-corrected chi connectivity index (χ2v) is 9.86. The molecule has 3 aromatic heterocycles. The van der Waals surface area contributed by atoms with Gasteiger partial charge in [-0.1, -0.05) is 35.5 Å². The van der Waals surface area contributed by atoms with Gasteiger partial charge in [0.25, 0.3) is 5.56 Å². The van der Waals surface area contributed by atoms with Crippen LogP contribution >= 0.6 is 34.7 Å². The number of anilines is 1. The first-order valence-corrected chi connectivity index (χ1v) is 12.5. The van der Waals surface area contributed by atoms with Gasteiger partial charge < -0.3 is 5.32 Å². The van der Waals surface area contributed by atoms with Crippen molar-refractivity contribution >= 4 is 66.7 Å². The SMILES string of the molecule is O=C(CSc1nc2c(sc3ncccc32)c(=O)n1Cc1ccc(F)cc1)Nc1ccc(F)cc1Cl. The number of carbonyl (C=O) groups is 1. The lowest BCUT2D eigenvalue weighted by molar-refractivity contribution is -0.113. The molecule has 11 heteroatoms. The van der Waals surface area contributed by atoms with Crippen molar-refractivity contribution in [3.63, 3.8) is 0 Å². The summed E-state index contributed by atoms with van der Waals surface area (Å²) in [5.41, 5.74) is 1.23. The molecule has 0 fully saturated rings. The molecule has 0 saturated carbocycles. The summed E-state index contributed by atoms with van der Waals surface area (Å²) >= 11 is 8.33. The molecule has 0 saturated heterocycles. The zero-order chi connectivity index (χ0) is 24.5. The molecule has 0 atom stereocenters. The van der Waals surface area contributed by atoms with Crippen molar-refractivity contribution < 1.29 is 13.6 Å². The Balaban J connectivity index is 1.50. The Morgan fingerprint density at radius 2 is 1.89 bits per heavy atom. The molecule has 1 amide bonds. The Bertz CT molecular complexity index is 1640. The van der Waals surface area contributed by atoms with Crippen LogP contribution in [-0.2, 0) is 11.3 Å². The normalized spacial score (nSPS) is 11.3. The summed E-state index contributed by atoms with van der Waals surface area (Å²) in [6.07, 6.45) is 1.65. The lowest BCUT2D eigenvalue weighted by Gasteiger charge is -2.13. The first kappa shape index (κ1) is 23.4. The summed E-state index contributed by atoms with van der Waals surface area (Å²) < 4.78 is 28.6. The van der Waals surface area contributed by atoms with E-state index in [0.717, 1.165) is 23.2 Å². The van der Waals surface area contributed by atoms with E-state index in [-0.39, 0.29) is 34.4 Å². The summed E-state index contributed by atoms with van der Waals surface area (Å²) in [6, 6.07) is 13.1. The van der Waals surface area contributed by atoms with Crippen LogP contribution in [0.5, 0.6) is 0 Å². The molecule has 176 valence electrons. The average molecular weight is 529 g/mol. The second kappa shape index (κ2) is 9.73. The lowest BCUT2D eigenvalue weighted by Crippen LogP contribution is -2.24. The molecule has 0 aliphatic heterocycles. The van der Waals surface area contributed by atoms with Gasteiger partial charge in [0.2, 0.25) is 5.91 Å². The minimum absolute atomic E-state index is 0.0740. The van der Waals surface area contributed by atoms with Crippen LogP contribution in [0.15, 0.2) is 70.7 Å². The quantitative estimate of drug-likeness (QED) is 0.225. The van der Waals surface area contributed by atoms with Gasteiger partial charge in [0, 0.05) is 11.6 Å². The number of nitrogens with one attached hydrogen (secondary N) is 1. The highest BCUT2D eigenvalue weighted by atomic mass is 35.5. The first-order chi connectivity index (χ1) is 16.9. The third kappa shape index (κ3) is 4.90. The number of hydrogen-bond acceptors (Lipinski definition) is 6. The van der Waals surface area contributed by atoms with Gasteiger partial charge in [-0.05, 0) is 48.0 Å². The number of halogens is 3. The van der Waals surface area contributed by atoms with Crippen LogP contribution in [0, 0.1) is 11.6 Å². The molecule has 0 aliphatic carbocycles. The molecule has 0 bridgehead atoms. The highest BCUT2D eigenvalue weighted by molar-refractivity contribution is 7.99. The highest BCUT2D eigenvalue weighted by Crippen LogP contribution is 2.31. The van der Waals surface area contributed by atoms with E-state index in [0.29, 0.717) is 25.8 Å². The minimum Gasteiger partial charge on any atom is -0.324 e. The van der Waals surface area contributed by atoms with Crippen molar-refractivity contribution in [2.45, 2.75) is 11.7 Å². The molecule has 1 N–H and O–H groups in total.